The third kappa shape index (κ3) is 2.44. The number of nitrogens with zero attached hydrogens (tertiary/aromatic N) is 1. The van der Waals surface area contributed by atoms with Crippen LogP contribution in [0.3, 0.4) is 0 Å². The number of halogens is 2. The highest BCUT2D eigenvalue weighted by molar-refractivity contribution is 5.94. The maximum absolute atomic E-state index is 13.4. The van der Waals surface area contributed by atoms with E-state index in [1.807, 2.05) is 6.92 Å². The molecule has 1 fully saturated rings. The first-order valence-corrected chi connectivity index (χ1v) is 5.44. The molecule has 0 aliphatic carbocycles. The largest absolute Gasteiger partial charge is 0.375 e. The first-order chi connectivity index (χ1) is 8.09. The summed E-state index contributed by atoms with van der Waals surface area (Å²) in [4.78, 5) is 13.4. The van der Waals surface area contributed by atoms with E-state index in [2.05, 4.69) is 0 Å². The van der Waals surface area contributed by atoms with Gasteiger partial charge in [0.05, 0.1) is 12.7 Å². The normalized spacial score (nSPS) is 20.4. The van der Waals surface area contributed by atoms with Crippen LogP contribution in [0.1, 0.15) is 17.3 Å². The number of hydrogen-bond acceptors (Lipinski definition) is 2. The van der Waals surface area contributed by atoms with E-state index < -0.39 is 23.1 Å². The van der Waals surface area contributed by atoms with Crippen molar-refractivity contribution in [3.63, 3.8) is 0 Å². The lowest BCUT2D eigenvalue weighted by Gasteiger charge is -2.31. The van der Waals surface area contributed by atoms with Crippen molar-refractivity contribution in [2.75, 3.05) is 19.7 Å². The average Bonchev–Trinajstić information content (AvgIpc) is 2.28. The number of benzene rings is 1. The first kappa shape index (κ1) is 12.0. The Labute approximate surface area is 98.0 Å². The maximum atomic E-state index is 13.4. The van der Waals surface area contributed by atoms with E-state index in [0.717, 1.165) is 12.1 Å². The number of amides is 1. The van der Waals surface area contributed by atoms with Crippen molar-refractivity contribution in [1.29, 1.82) is 0 Å². The molecule has 3 nitrogen and oxygen atoms in total. The summed E-state index contributed by atoms with van der Waals surface area (Å²) < 4.78 is 32.1. The minimum atomic E-state index is -0.825. The molecule has 0 bridgehead atoms. The quantitative estimate of drug-likeness (QED) is 0.750. The summed E-state index contributed by atoms with van der Waals surface area (Å²) in [6.07, 6.45) is -0.109. The Bertz CT molecular complexity index is 416. The summed E-state index contributed by atoms with van der Waals surface area (Å²) in [5.74, 6) is -2.26. The van der Waals surface area contributed by atoms with Gasteiger partial charge in [-0.2, -0.15) is 0 Å². The van der Waals surface area contributed by atoms with Gasteiger partial charge in [-0.25, -0.2) is 8.78 Å². The molecule has 92 valence electrons. The Hall–Kier alpha value is -1.49. The minimum Gasteiger partial charge on any atom is -0.375 e. The summed E-state index contributed by atoms with van der Waals surface area (Å²) in [5, 5.41) is 0. The topological polar surface area (TPSA) is 29.5 Å². The van der Waals surface area contributed by atoms with Gasteiger partial charge in [-0.05, 0) is 19.1 Å². The second kappa shape index (κ2) is 4.79. The fourth-order valence-corrected chi connectivity index (χ4v) is 1.86. The summed E-state index contributed by atoms with van der Waals surface area (Å²) >= 11 is 0. The summed E-state index contributed by atoms with van der Waals surface area (Å²) in [6, 6.07) is 3.41. The van der Waals surface area contributed by atoms with Gasteiger partial charge in [0.25, 0.3) is 5.91 Å². The Kier molecular flexibility index (Phi) is 3.38. The standard InChI is InChI=1S/C12H13F2NO2/c1-8-7-15(5-6-17-8)12(16)11-9(13)3-2-4-10(11)14/h2-4,8H,5-7H2,1H3. The van der Waals surface area contributed by atoms with Gasteiger partial charge in [-0.15, -0.1) is 0 Å². The van der Waals surface area contributed by atoms with Crippen molar-refractivity contribution in [2.24, 2.45) is 0 Å². The van der Waals surface area contributed by atoms with E-state index >= 15 is 0 Å². The molecule has 1 heterocycles. The molecule has 1 saturated heterocycles. The van der Waals surface area contributed by atoms with Crippen molar-refractivity contribution < 1.29 is 18.3 Å². The average molecular weight is 241 g/mol. The third-order valence-corrected chi connectivity index (χ3v) is 2.70. The molecule has 1 atom stereocenters. The van der Waals surface area contributed by atoms with Crippen molar-refractivity contribution in [3.05, 3.63) is 35.4 Å². The predicted octanol–water partition coefficient (Wildman–Crippen LogP) is 1.83. The Morgan fingerprint density at radius 3 is 2.65 bits per heavy atom. The van der Waals surface area contributed by atoms with E-state index in [1.54, 1.807) is 0 Å². The van der Waals surface area contributed by atoms with Crippen molar-refractivity contribution in [1.82, 2.24) is 4.90 Å². The van der Waals surface area contributed by atoms with Crippen LogP contribution in [0.5, 0.6) is 0 Å². The lowest BCUT2D eigenvalue weighted by Crippen LogP contribution is -2.45. The molecule has 1 aliphatic rings. The second-order valence-electron chi connectivity index (χ2n) is 4.03. The molecule has 0 radical (unpaired) electrons. The van der Waals surface area contributed by atoms with Gasteiger partial charge in [0.15, 0.2) is 0 Å². The van der Waals surface area contributed by atoms with Crippen LogP contribution in [0.25, 0.3) is 0 Å². The Balaban J connectivity index is 2.24. The SMILES string of the molecule is CC1CN(C(=O)c2c(F)cccc2F)CCO1. The predicted molar refractivity (Wildman–Crippen MR) is 57.7 cm³/mol. The first-order valence-electron chi connectivity index (χ1n) is 5.44. The zero-order valence-electron chi connectivity index (χ0n) is 9.45. The molecule has 1 aliphatic heterocycles. The van der Waals surface area contributed by atoms with E-state index in [9.17, 15) is 13.6 Å². The van der Waals surface area contributed by atoms with Crippen LogP contribution >= 0.6 is 0 Å². The molecule has 0 saturated carbocycles. The molecular weight excluding hydrogens is 228 g/mol. The van der Waals surface area contributed by atoms with E-state index in [1.165, 1.54) is 11.0 Å². The second-order valence-corrected chi connectivity index (χ2v) is 4.03. The maximum Gasteiger partial charge on any atom is 0.259 e. The van der Waals surface area contributed by atoms with Gasteiger partial charge >= 0.3 is 0 Å². The molecule has 0 N–H and O–H groups in total. The fourth-order valence-electron chi connectivity index (χ4n) is 1.86. The Morgan fingerprint density at radius 2 is 2.06 bits per heavy atom. The molecule has 1 unspecified atom stereocenters. The van der Waals surface area contributed by atoms with Gasteiger partial charge in [0, 0.05) is 13.1 Å². The molecule has 5 heteroatoms. The van der Waals surface area contributed by atoms with Crippen LogP contribution in [0.15, 0.2) is 18.2 Å². The van der Waals surface area contributed by atoms with E-state index in [4.69, 9.17) is 4.74 Å². The lowest BCUT2D eigenvalue weighted by molar-refractivity contribution is -0.0127. The summed E-state index contributed by atoms with van der Waals surface area (Å²) in [7, 11) is 0. The molecule has 1 amide bonds. The van der Waals surface area contributed by atoms with Crippen molar-refractivity contribution in [2.45, 2.75) is 13.0 Å². The number of hydrogen-bond donors (Lipinski definition) is 0. The molecule has 2 rings (SSSR count). The zero-order chi connectivity index (χ0) is 12.4. The zero-order valence-corrected chi connectivity index (χ0v) is 9.45. The summed E-state index contributed by atoms with van der Waals surface area (Å²) in [5.41, 5.74) is -0.485. The highest BCUT2D eigenvalue weighted by Gasteiger charge is 2.26. The molecular formula is C12H13F2NO2. The fraction of sp³-hybridized carbons (Fsp3) is 0.417. The molecule has 0 spiro atoms. The Morgan fingerprint density at radius 1 is 1.41 bits per heavy atom. The van der Waals surface area contributed by atoms with Gasteiger partial charge in [-0.1, -0.05) is 6.07 Å². The van der Waals surface area contributed by atoms with Gasteiger partial charge in [-0.3, -0.25) is 4.79 Å². The number of ether oxygens (including phenoxy) is 1. The molecule has 1 aromatic rings. The van der Waals surface area contributed by atoms with Crippen LogP contribution in [-0.4, -0.2) is 36.6 Å². The van der Waals surface area contributed by atoms with E-state index in [0.29, 0.717) is 19.7 Å². The van der Waals surface area contributed by atoms with Gasteiger partial charge < -0.3 is 9.64 Å². The van der Waals surface area contributed by atoms with Crippen LogP contribution < -0.4 is 0 Å². The smallest absolute Gasteiger partial charge is 0.259 e. The molecule has 1 aromatic carbocycles. The highest BCUT2D eigenvalue weighted by atomic mass is 19.1. The molecule has 0 aromatic heterocycles. The minimum absolute atomic E-state index is 0.109. The van der Waals surface area contributed by atoms with Crippen LogP contribution in [0.2, 0.25) is 0 Å². The highest BCUT2D eigenvalue weighted by Crippen LogP contribution is 2.16. The van der Waals surface area contributed by atoms with Crippen molar-refractivity contribution in [3.8, 4) is 0 Å². The lowest BCUT2D eigenvalue weighted by atomic mass is 10.1. The number of morpholine rings is 1. The molecule has 17 heavy (non-hydrogen) atoms. The van der Waals surface area contributed by atoms with Crippen molar-refractivity contribution >= 4 is 5.91 Å². The summed E-state index contributed by atoms with van der Waals surface area (Å²) in [6.45, 7) is 2.92. The van der Waals surface area contributed by atoms with Crippen LogP contribution in [0, 0.1) is 11.6 Å². The third-order valence-electron chi connectivity index (χ3n) is 2.70. The number of rotatable bonds is 1. The number of carbonyl (C=O) groups is 1. The van der Waals surface area contributed by atoms with Crippen LogP contribution in [-0.2, 0) is 4.74 Å². The van der Waals surface area contributed by atoms with Crippen LogP contribution in [0.4, 0.5) is 8.78 Å². The number of carbonyl (C=O) groups excluding carboxylic acids is 1. The monoisotopic (exact) mass is 241 g/mol. The van der Waals surface area contributed by atoms with Gasteiger partial charge in [0.1, 0.15) is 17.2 Å². The van der Waals surface area contributed by atoms with Gasteiger partial charge in [0.2, 0.25) is 0 Å². The van der Waals surface area contributed by atoms with E-state index in [-0.39, 0.29) is 6.10 Å².